The molecule has 1 nitrogen and oxygen atoms in total. The Hall–Kier alpha value is -0.820. The third-order valence-corrected chi connectivity index (χ3v) is 5.16. The van der Waals surface area contributed by atoms with Gasteiger partial charge in [-0.2, -0.15) is 0 Å². The summed E-state index contributed by atoms with van der Waals surface area (Å²) in [5.41, 5.74) is 3.27. The summed E-state index contributed by atoms with van der Waals surface area (Å²) in [5.74, 6) is 0.779. The fourth-order valence-corrected chi connectivity index (χ4v) is 3.51. The van der Waals surface area contributed by atoms with Gasteiger partial charge in [0.15, 0.2) is 0 Å². The van der Waals surface area contributed by atoms with Gasteiger partial charge in [0.05, 0.1) is 0 Å². The van der Waals surface area contributed by atoms with Gasteiger partial charge in [0.1, 0.15) is 0 Å². The van der Waals surface area contributed by atoms with Gasteiger partial charge in [0, 0.05) is 0 Å². The maximum Gasteiger partial charge on any atom is -0.00129 e. The summed E-state index contributed by atoms with van der Waals surface area (Å²) in [5, 5.41) is 0. The zero-order chi connectivity index (χ0) is 16.0. The van der Waals surface area contributed by atoms with Gasteiger partial charge in [-0.25, -0.2) is 0 Å². The normalized spacial score (nSPS) is 17.8. The molecule has 1 heteroatoms. The topological polar surface area (TPSA) is 3.24 Å². The molecule has 0 radical (unpaired) electrons. The van der Waals surface area contributed by atoms with Crippen LogP contribution in [-0.4, -0.2) is 24.5 Å². The second kappa shape index (κ2) is 8.15. The van der Waals surface area contributed by atoms with Crippen molar-refractivity contribution in [2.45, 2.75) is 77.6 Å². The molecule has 0 unspecified atom stereocenters. The standard InChI is InChI=1S/C21H35N/c1-5-6-7-8-15-22-16-13-19(14-17-22)18-9-11-20(12-10-18)21(2,3)4/h9-12,19H,5-8,13-17H2,1-4H3. The Balaban J connectivity index is 1.79. The summed E-state index contributed by atoms with van der Waals surface area (Å²) >= 11 is 0. The van der Waals surface area contributed by atoms with E-state index < -0.39 is 0 Å². The highest BCUT2D eigenvalue weighted by atomic mass is 15.1. The van der Waals surface area contributed by atoms with E-state index in [-0.39, 0.29) is 5.41 Å². The molecule has 0 N–H and O–H groups in total. The van der Waals surface area contributed by atoms with Crippen molar-refractivity contribution < 1.29 is 0 Å². The van der Waals surface area contributed by atoms with E-state index in [0.717, 1.165) is 5.92 Å². The number of hydrogen-bond donors (Lipinski definition) is 0. The average Bonchev–Trinajstić information content (AvgIpc) is 2.51. The number of hydrogen-bond acceptors (Lipinski definition) is 1. The number of likely N-dealkylation sites (tertiary alicyclic amines) is 1. The second-order valence-electron chi connectivity index (χ2n) is 8.05. The lowest BCUT2D eigenvalue weighted by molar-refractivity contribution is 0.208. The lowest BCUT2D eigenvalue weighted by atomic mass is 9.84. The van der Waals surface area contributed by atoms with Crippen molar-refractivity contribution in [3.05, 3.63) is 35.4 Å². The number of piperidine rings is 1. The first-order valence-electron chi connectivity index (χ1n) is 9.33. The van der Waals surface area contributed by atoms with Crippen molar-refractivity contribution in [3.8, 4) is 0 Å². The van der Waals surface area contributed by atoms with Crippen molar-refractivity contribution in [1.29, 1.82) is 0 Å². The van der Waals surface area contributed by atoms with Gasteiger partial charge in [0.2, 0.25) is 0 Å². The summed E-state index contributed by atoms with van der Waals surface area (Å²) in [4.78, 5) is 2.68. The van der Waals surface area contributed by atoms with Crippen LogP contribution in [-0.2, 0) is 5.41 Å². The number of rotatable bonds is 6. The highest BCUT2D eigenvalue weighted by Crippen LogP contribution is 2.30. The minimum atomic E-state index is 0.264. The van der Waals surface area contributed by atoms with Crippen LogP contribution in [0.5, 0.6) is 0 Å². The molecule has 0 aliphatic carbocycles. The third kappa shape index (κ3) is 5.12. The minimum Gasteiger partial charge on any atom is -0.303 e. The predicted molar refractivity (Wildman–Crippen MR) is 97.7 cm³/mol. The Kier molecular flexibility index (Phi) is 6.50. The summed E-state index contributed by atoms with van der Waals surface area (Å²) in [6.45, 7) is 13.1. The van der Waals surface area contributed by atoms with Crippen LogP contribution >= 0.6 is 0 Å². The van der Waals surface area contributed by atoms with Crippen molar-refractivity contribution in [2.24, 2.45) is 0 Å². The van der Waals surface area contributed by atoms with E-state index >= 15 is 0 Å². The number of nitrogens with zero attached hydrogens (tertiary/aromatic N) is 1. The van der Waals surface area contributed by atoms with E-state index in [2.05, 4.69) is 56.9 Å². The van der Waals surface area contributed by atoms with Gasteiger partial charge in [-0.05, 0) is 61.4 Å². The SMILES string of the molecule is CCCCCCN1CCC(c2ccc(C(C)(C)C)cc2)CC1. The summed E-state index contributed by atoms with van der Waals surface area (Å²) in [6, 6.07) is 9.43. The van der Waals surface area contributed by atoms with Crippen LogP contribution in [0.2, 0.25) is 0 Å². The van der Waals surface area contributed by atoms with E-state index in [1.54, 1.807) is 5.56 Å². The van der Waals surface area contributed by atoms with Crippen molar-refractivity contribution in [3.63, 3.8) is 0 Å². The number of benzene rings is 1. The van der Waals surface area contributed by atoms with Crippen LogP contribution in [0, 0.1) is 0 Å². The molecule has 0 spiro atoms. The molecule has 0 amide bonds. The quantitative estimate of drug-likeness (QED) is 0.605. The van der Waals surface area contributed by atoms with E-state index in [1.807, 2.05) is 0 Å². The Bertz CT molecular complexity index is 418. The first-order chi connectivity index (χ1) is 10.5. The van der Waals surface area contributed by atoms with Gasteiger partial charge in [-0.15, -0.1) is 0 Å². The summed E-state index contributed by atoms with van der Waals surface area (Å²) in [7, 11) is 0. The highest BCUT2D eigenvalue weighted by Gasteiger charge is 2.21. The van der Waals surface area contributed by atoms with E-state index in [4.69, 9.17) is 0 Å². The molecule has 22 heavy (non-hydrogen) atoms. The first-order valence-corrected chi connectivity index (χ1v) is 9.33. The third-order valence-electron chi connectivity index (χ3n) is 5.16. The first kappa shape index (κ1) is 17.5. The number of unbranched alkanes of at least 4 members (excludes halogenated alkanes) is 3. The largest absolute Gasteiger partial charge is 0.303 e. The maximum absolute atomic E-state index is 2.68. The van der Waals surface area contributed by atoms with E-state index in [0.29, 0.717) is 0 Å². The van der Waals surface area contributed by atoms with Crippen LogP contribution in [0.4, 0.5) is 0 Å². The predicted octanol–water partition coefficient (Wildman–Crippen LogP) is 5.74. The lowest BCUT2D eigenvalue weighted by Gasteiger charge is -2.32. The summed E-state index contributed by atoms with van der Waals surface area (Å²) < 4.78 is 0. The average molecular weight is 302 g/mol. The molecule has 0 saturated carbocycles. The molecule has 0 atom stereocenters. The Labute approximate surface area is 138 Å². The molecule has 0 aromatic heterocycles. The van der Waals surface area contributed by atoms with Gasteiger partial charge >= 0.3 is 0 Å². The molecule has 1 heterocycles. The Morgan fingerprint density at radius 3 is 2.14 bits per heavy atom. The molecule has 1 saturated heterocycles. The van der Waals surface area contributed by atoms with Crippen molar-refractivity contribution in [2.75, 3.05) is 19.6 Å². The lowest BCUT2D eigenvalue weighted by Crippen LogP contribution is -2.33. The molecular formula is C21H35N. The fourth-order valence-electron chi connectivity index (χ4n) is 3.51. The van der Waals surface area contributed by atoms with E-state index in [9.17, 15) is 0 Å². The van der Waals surface area contributed by atoms with Gasteiger partial charge < -0.3 is 4.90 Å². The molecule has 1 fully saturated rings. The van der Waals surface area contributed by atoms with Crippen LogP contribution in [0.3, 0.4) is 0 Å². The monoisotopic (exact) mass is 301 g/mol. The van der Waals surface area contributed by atoms with Crippen molar-refractivity contribution in [1.82, 2.24) is 4.90 Å². The van der Waals surface area contributed by atoms with Crippen molar-refractivity contribution >= 4 is 0 Å². The zero-order valence-electron chi connectivity index (χ0n) is 15.2. The summed E-state index contributed by atoms with van der Waals surface area (Å²) in [6.07, 6.45) is 8.21. The Morgan fingerprint density at radius 1 is 0.955 bits per heavy atom. The molecule has 1 aliphatic heterocycles. The molecule has 1 aromatic rings. The smallest absolute Gasteiger partial charge is 0.00129 e. The van der Waals surface area contributed by atoms with Gasteiger partial charge in [0.25, 0.3) is 0 Å². The Morgan fingerprint density at radius 2 is 1.59 bits per heavy atom. The molecule has 0 bridgehead atoms. The molecule has 1 aliphatic rings. The fraction of sp³-hybridized carbons (Fsp3) is 0.714. The zero-order valence-corrected chi connectivity index (χ0v) is 15.2. The van der Waals surface area contributed by atoms with E-state index in [1.165, 1.54) is 63.7 Å². The van der Waals surface area contributed by atoms with Crippen LogP contribution in [0.15, 0.2) is 24.3 Å². The molecule has 2 rings (SSSR count). The second-order valence-corrected chi connectivity index (χ2v) is 8.05. The van der Waals surface area contributed by atoms with Crippen LogP contribution in [0.25, 0.3) is 0 Å². The maximum atomic E-state index is 2.68. The molecule has 1 aromatic carbocycles. The van der Waals surface area contributed by atoms with Gasteiger partial charge in [-0.1, -0.05) is 71.2 Å². The molecule has 124 valence electrons. The van der Waals surface area contributed by atoms with Gasteiger partial charge in [-0.3, -0.25) is 0 Å². The minimum absolute atomic E-state index is 0.264. The molecular weight excluding hydrogens is 266 g/mol. The van der Waals surface area contributed by atoms with Crippen LogP contribution in [0.1, 0.15) is 83.3 Å². The highest BCUT2D eigenvalue weighted by molar-refractivity contribution is 5.29. The van der Waals surface area contributed by atoms with Crippen LogP contribution < -0.4 is 0 Å².